The Morgan fingerprint density at radius 2 is 1.60 bits per heavy atom. The van der Waals surface area contributed by atoms with Crippen molar-refractivity contribution in [3.05, 3.63) is 66.7 Å². The van der Waals surface area contributed by atoms with Gasteiger partial charge in [-0.3, -0.25) is 9.52 Å². The Bertz CT molecular complexity index is 1120. The van der Waals surface area contributed by atoms with Crippen LogP contribution in [-0.2, 0) is 14.8 Å². The Kier molecular flexibility index (Phi) is 6.62. The highest BCUT2D eigenvalue weighted by Gasteiger charge is 2.18. The summed E-state index contributed by atoms with van der Waals surface area (Å²) in [7, 11) is -3.77. The van der Waals surface area contributed by atoms with Gasteiger partial charge in [0.2, 0.25) is 0 Å². The molecule has 3 aromatic rings. The van der Waals surface area contributed by atoms with Crippen LogP contribution in [-0.4, -0.2) is 27.0 Å². The van der Waals surface area contributed by atoms with Crippen LogP contribution in [0.1, 0.15) is 20.8 Å². The van der Waals surface area contributed by atoms with E-state index in [1.165, 1.54) is 12.1 Å². The number of fused-ring (bicyclic) bond motifs is 1. The summed E-state index contributed by atoms with van der Waals surface area (Å²) >= 11 is 0. The molecule has 0 bridgehead atoms. The topological polar surface area (TPSA) is 84.5 Å². The molecule has 0 saturated heterocycles. The van der Waals surface area contributed by atoms with Crippen LogP contribution in [0, 0.1) is 5.92 Å². The first-order chi connectivity index (χ1) is 14.3. The quantitative estimate of drug-likeness (QED) is 0.566. The first-order valence-electron chi connectivity index (χ1n) is 9.81. The average Bonchev–Trinajstić information content (AvgIpc) is 2.72. The second kappa shape index (κ2) is 9.17. The summed E-state index contributed by atoms with van der Waals surface area (Å²) in [5.41, 5.74) is 0.517. The average molecular weight is 427 g/mol. The highest BCUT2D eigenvalue weighted by Crippen LogP contribution is 2.26. The Balaban J connectivity index is 1.71. The molecular weight excluding hydrogens is 400 g/mol. The molecule has 6 nitrogen and oxygen atoms in total. The summed E-state index contributed by atoms with van der Waals surface area (Å²) in [4.78, 5) is 12.2. The van der Waals surface area contributed by atoms with Gasteiger partial charge in [0, 0.05) is 11.9 Å². The van der Waals surface area contributed by atoms with Crippen molar-refractivity contribution in [1.82, 2.24) is 5.32 Å². The minimum atomic E-state index is -3.77. The van der Waals surface area contributed by atoms with E-state index in [2.05, 4.69) is 10.0 Å². The first-order valence-corrected chi connectivity index (χ1v) is 11.3. The highest BCUT2D eigenvalue weighted by molar-refractivity contribution is 7.92. The number of hydrogen-bond donors (Lipinski definition) is 2. The number of carbonyl (C=O) groups is 1. The zero-order valence-corrected chi connectivity index (χ0v) is 18.1. The fourth-order valence-electron chi connectivity index (χ4n) is 2.92. The summed E-state index contributed by atoms with van der Waals surface area (Å²) in [5, 5.41) is 4.58. The van der Waals surface area contributed by atoms with E-state index in [9.17, 15) is 13.2 Å². The van der Waals surface area contributed by atoms with Gasteiger partial charge in [0.15, 0.2) is 6.10 Å². The van der Waals surface area contributed by atoms with Gasteiger partial charge in [-0.2, -0.15) is 0 Å². The SMILES string of the molecule is CC(C)CNC(=O)[C@H](C)Oc1ccc(S(=O)(=O)Nc2cccc3ccccc23)cc1. The van der Waals surface area contributed by atoms with Gasteiger partial charge in [0.05, 0.1) is 10.6 Å². The fourth-order valence-corrected chi connectivity index (χ4v) is 4.00. The van der Waals surface area contributed by atoms with Gasteiger partial charge < -0.3 is 10.1 Å². The number of carbonyl (C=O) groups excluding carboxylic acids is 1. The van der Waals surface area contributed by atoms with Crippen LogP contribution in [0.25, 0.3) is 10.8 Å². The van der Waals surface area contributed by atoms with Crippen LogP contribution >= 0.6 is 0 Å². The molecule has 0 aliphatic rings. The number of anilines is 1. The largest absolute Gasteiger partial charge is 0.481 e. The van der Waals surface area contributed by atoms with E-state index in [4.69, 9.17) is 4.74 Å². The zero-order chi connectivity index (χ0) is 21.7. The van der Waals surface area contributed by atoms with E-state index in [-0.39, 0.29) is 10.8 Å². The number of nitrogens with one attached hydrogen (secondary N) is 2. The van der Waals surface area contributed by atoms with Crippen LogP contribution < -0.4 is 14.8 Å². The third-order valence-corrected chi connectivity index (χ3v) is 5.92. The Hall–Kier alpha value is -3.06. The standard InChI is InChI=1S/C23H26N2O4S/c1-16(2)15-24-23(26)17(3)29-19-11-13-20(14-12-19)30(27,28)25-22-10-6-8-18-7-4-5-9-21(18)22/h4-14,16-17,25H,15H2,1-3H3,(H,24,26)/t17-/m0/s1. The summed E-state index contributed by atoms with van der Waals surface area (Å²) in [6.45, 7) is 6.25. The van der Waals surface area contributed by atoms with Crippen LogP contribution in [0.15, 0.2) is 71.6 Å². The minimum absolute atomic E-state index is 0.111. The normalized spacial score (nSPS) is 12.5. The van der Waals surface area contributed by atoms with Gasteiger partial charge in [-0.25, -0.2) is 8.42 Å². The predicted molar refractivity (Wildman–Crippen MR) is 119 cm³/mol. The maximum absolute atomic E-state index is 12.8. The third-order valence-electron chi connectivity index (χ3n) is 4.53. The molecule has 0 fully saturated rings. The van der Waals surface area contributed by atoms with Crippen molar-refractivity contribution in [2.45, 2.75) is 31.8 Å². The maximum Gasteiger partial charge on any atom is 0.261 e. The molecule has 7 heteroatoms. The summed E-state index contributed by atoms with van der Waals surface area (Å²) in [6.07, 6.45) is -0.681. The lowest BCUT2D eigenvalue weighted by molar-refractivity contribution is -0.127. The van der Waals surface area contributed by atoms with Gasteiger partial charge in [0.1, 0.15) is 5.75 Å². The van der Waals surface area contributed by atoms with Crippen molar-refractivity contribution in [2.24, 2.45) is 5.92 Å². The lowest BCUT2D eigenvalue weighted by atomic mass is 10.1. The molecule has 2 N–H and O–H groups in total. The van der Waals surface area contributed by atoms with Crippen LogP contribution in [0.5, 0.6) is 5.75 Å². The molecule has 0 spiro atoms. The van der Waals surface area contributed by atoms with Gasteiger partial charge >= 0.3 is 0 Å². The second-order valence-corrected chi connectivity index (χ2v) is 9.19. The third kappa shape index (κ3) is 5.30. The highest BCUT2D eigenvalue weighted by atomic mass is 32.2. The molecule has 3 aromatic carbocycles. The molecule has 30 heavy (non-hydrogen) atoms. The van der Waals surface area contributed by atoms with Gasteiger partial charge in [-0.05, 0) is 48.6 Å². The second-order valence-electron chi connectivity index (χ2n) is 7.50. The first kappa shape index (κ1) is 21.6. The number of benzene rings is 3. The van der Waals surface area contributed by atoms with Crippen molar-refractivity contribution in [1.29, 1.82) is 0 Å². The molecule has 158 valence electrons. The van der Waals surface area contributed by atoms with Crippen molar-refractivity contribution in [3.63, 3.8) is 0 Å². The van der Waals surface area contributed by atoms with Crippen LogP contribution in [0.4, 0.5) is 5.69 Å². The Morgan fingerprint density at radius 1 is 0.933 bits per heavy atom. The van der Waals surface area contributed by atoms with E-state index >= 15 is 0 Å². The van der Waals surface area contributed by atoms with Crippen LogP contribution in [0.3, 0.4) is 0 Å². The van der Waals surface area contributed by atoms with Crippen molar-refractivity contribution in [3.8, 4) is 5.75 Å². The Morgan fingerprint density at radius 3 is 2.30 bits per heavy atom. The molecular formula is C23H26N2O4S. The molecule has 0 aromatic heterocycles. The van der Waals surface area contributed by atoms with Crippen molar-refractivity contribution in [2.75, 3.05) is 11.3 Å². The van der Waals surface area contributed by atoms with E-state index < -0.39 is 16.1 Å². The summed E-state index contributed by atoms with van der Waals surface area (Å²) in [6, 6.07) is 19.0. The monoisotopic (exact) mass is 426 g/mol. The number of hydrogen-bond acceptors (Lipinski definition) is 4. The lowest BCUT2D eigenvalue weighted by Gasteiger charge is -2.16. The molecule has 0 aliphatic heterocycles. The molecule has 1 atom stereocenters. The molecule has 0 saturated carbocycles. The Labute approximate surface area is 177 Å². The smallest absolute Gasteiger partial charge is 0.261 e. The number of rotatable bonds is 8. The van der Waals surface area contributed by atoms with E-state index in [0.717, 1.165) is 10.8 Å². The van der Waals surface area contributed by atoms with Crippen molar-refractivity contribution < 1.29 is 17.9 Å². The predicted octanol–water partition coefficient (Wildman–Crippen LogP) is 4.18. The van der Waals surface area contributed by atoms with E-state index in [1.54, 1.807) is 25.1 Å². The van der Waals surface area contributed by atoms with Gasteiger partial charge in [-0.1, -0.05) is 50.2 Å². The number of sulfonamides is 1. The molecule has 0 unspecified atom stereocenters. The molecule has 3 rings (SSSR count). The number of amides is 1. The van der Waals surface area contributed by atoms with Gasteiger partial charge in [0.25, 0.3) is 15.9 Å². The summed E-state index contributed by atoms with van der Waals surface area (Å²) in [5.74, 6) is 0.559. The fraction of sp³-hybridized carbons (Fsp3) is 0.261. The molecule has 0 aliphatic carbocycles. The lowest BCUT2D eigenvalue weighted by Crippen LogP contribution is -2.38. The van der Waals surface area contributed by atoms with E-state index in [0.29, 0.717) is 23.9 Å². The molecule has 1 amide bonds. The minimum Gasteiger partial charge on any atom is -0.481 e. The molecule has 0 radical (unpaired) electrons. The van der Waals surface area contributed by atoms with Gasteiger partial charge in [-0.15, -0.1) is 0 Å². The van der Waals surface area contributed by atoms with Crippen LogP contribution in [0.2, 0.25) is 0 Å². The van der Waals surface area contributed by atoms with Crippen molar-refractivity contribution >= 4 is 32.4 Å². The molecule has 0 heterocycles. The maximum atomic E-state index is 12.8. The zero-order valence-electron chi connectivity index (χ0n) is 17.3. The van der Waals surface area contributed by atoms with E-state index in [1.807, 2.05) is 50.2 Å². The summed E-state index contributed by atoms with van der Waals surface area (Å²) < 4.78 is 33.9. The number of ether oxygens (including phenoxy) is 1.